The minimum Gasteiger partial charge on any atom is -0.312 e. The summed E-state index contributed by atoms with van der Waals surface area (Å²) in [5, 5.41) is 7.55. The van der Waals surface area contributed by atoms with Gasteiger partial charge in [0, 0.05) is 20.0 Å². The van der Waals surface area contributed by atoms with Gasteiger partial charge in [-0.15, -0.1) is 0 Å². The lowest BCUT2D eigenvalue weighted by Gasteiger charge is -2.20. The van der Waals surface area contributed by atoms with Crippen LogP contribution in [0.5, 0.6) is 0 Å². The average molecular weight is 228 g/mol. The topological polar surface area (TPSA) is 42.7 Å². The van der Waals surface area contributed by atoms with E-state index in [0.29, 0.717) is 0 Å². The molecule has 2 aromatic rings. The number of nitrogens with one attached hydrogen (secondary N) is 1. The summed E-state index contributed by atoms with van der Waals surface area (Å²) in [4.78, 5) is 4.29. The third-order valence-corrected chi connectivity index (χ3v) is 3.40. The van der Waals surface area contributed by atoms with Crippen molar-refractivity contribution in [3.63, 3.8) is 0 Å². The van der Waals surface area contributed by atoms with E-state index < -0.39 is 0 Å². The van der Waals surface area contributed by atoms with Crippen LogP contribution in [-0.2, 0) is 26.4 Å². The van der Waals surface area contributed by atoms with Crippen LogP contribution < -0.4 is 5.32 Å². The number of nitrogens with zero attached hydrogens (tertiary/aromatic N) is 3. The molecule has 1 aromatic heterocycles. The molecule has 0 radical (unpaired) electrons. The summed E-state index contributed by atoms with van der Waals surface area (Å²) in [6.07, 6.45) is 3.60. The highest BCUT2D eigenvalue weighted by Gasteiger charge is 2.13. The molecular formula is C13H16N4. The Balaban J connectivity index is 1.95. The smallest absolute Gasteiger partial charge is 0.138 e. The molecule has 1 aliphatic rings. The molecule has 0 unspecified atom stereocenters. The predicted octanol–water partition coefficient (Wildman–Crippen LogP) is 1.05. The maximum absolute atomic E-state index is 4.29. The van der Waals surface area contributed by atoms with Crippen molar-refractivity contribution in [2.24, 2.45) is 7.05 Å². The maximum Gasteiger partial charge on any atom is 0.138 e. The van der Waals surface area contributed by atoms with Gasteiger partial charge in [-0.1, -0.05) is 18.2 Å². The maximum atomic E-state index is 4.29. The Hall–Kier alpha value is -1.68. The second-order valence-electron chi connectivity index (χ2n) is 4.46. The normalized spacial score (nSPS) is 14.6. The van der Waals surface area contributed by atoms with E-state index in [4.69, 9.17) is 0 Å². The summed E-state index contributed by atoms with van der Waals surface area (Å²) >= 11 is 0. The lowest BCUT2D eigenvalue weighted by molar-refractivity contribution is 0.635. The first-order chi connectivity index (χ1) is 8.34. The van der Waals surface area contributed by atoms with E-state index in [9.17, 15) is 0 Å². The monoisotopic (exact) mass is 228 g/mol. The number of aromatic nitrogens is 3. The summed E-state index contributed by atoms with van der Waals surface area (Å²) in [5.41, 5.74) is 4.29. The van der Waals surface area contributed by atoms with Crippen LogP contribution in [0.15, 0.2) is 24.5 Å². The molecule has 1 aliphatic heterocycles. The molecule has 0 fully saturated rings. The van der Waals surface area contributed by atoms with Crippen LogP contribution in [-0.4, -0.2) is 21.3 Å². The number of hydrogen-bond donors (Lipinski definition) is 1. The SMILES string of the molecule is Cn1ncnc1Cc1cccc2c1CNCC2. The molecule has 1 N–H and O–H groups in total. The summed E-state index contributed by atoms with van der Waals surface area (Å²) in [6.45, 7) is 2.06. The first kappa shape index (κ1) is 10.5. The molecule has 0 spiro atoms. The summed E-state index contributed by atoms with van der Waals surface area (Å²) in [5.74, 6) is 1.02. The fourth-order valence-electron chi connectivity index (χ4n) is 2.40. The van der Waals surface area contributed by atoms with Crippen molar-refractivity contribution >= 4 is 0 Å². The molecular weight excluding hydrogens is 212 g/mol. The van der Waals surface area contributed by atoms with Crippen LogP contribution in [0.1, 0.15) is 22.5 Å². The van der Waals surface area contributed by atoms with E-state index in [1.165, 1.54) is 16.7 Å². The second-order valence-corrected chi connectivity index (χ2v) is 4.46. The first-order valence-corrected chi connectivity index (χ1v) is 5.98. The Morgan fingerprint density at radius 1 is 1.41 bits per heavy atom. The predicted molar refractivity (Wildman–Crippen MR) is 65.7 cm³/mol. The largest absolute Gasteiger partial charge is 0.312 e. The highest BCUT2D eigenvalue weighted by molar-refractivity contribution is 5.38. The molecule has 0 saturated heterocycles. The van der Waals surface area contributed by atoms with Gasteiger partial charge >= 0.3 is 0 Å². The molecule has 0 bridgehead atoms. The van der Waals surface area contributed by atoms with Crippen LogP contribution >= 0.6 is 0 Å². The van der Waals surface area contributed by atoms with Crippen LogP contribution in [0.2, 0.25) is 0 Å². The van der Waals surface area contributed by atoms with Gasteiger partial charge in [-0.05, 0) is 29.7 Å². The Morgan fingerprint density at radius 2 is 2.35 bits per heavy atom. The third-order valence-electron chi connectivity index (χ3n) is 3.40. The minimum atomic E-state index is 0.862. The Bertz CT molecular complexity index is 530. The Morgan fingerprint density at radius 3 is 3.18 bits per heavy atom. The quantitative estimate of drug-likeness (QED) is 0.835. The summed E-state index contributed by atoms with van der Waals surface area (Å²) in [7, 11) is 1.94. The summed E-state index contributed by atoms with van der Waals surface area (Å²) < 4.78 is 1.84. The van der Waals surface area contributed by atoms with Crippen molar-refractivity contribution < 1.29 is 0 Å². The van der Waals surface area contributed by atoms with Gasteiger partial charge in [0.25, 0.3) is 0 Å². The molecule has 17 heavy (non-hydrogen) atoms. The van der Waals surface area contributed by atoms with E-state index in [0.717, 1.165) is 31.8 Å². The molecule has 0 saturated carbocycles. The highest BCUT2D eigenvalue weighted by Crippen LogP contribution is 2.20. The molecule has 0 amide bonds. The lowest BCUT2D eigenvalue weighted by Crippen LogP contribution is -2.25. The van der Waals surface area contributed by atoms with E-state index in [-0.39, 0.29) is 0 Å². The van der Waals surface area contributed by atoms with E-state index in [1.54, 1.807) is 6.33 Å². The molecule has 0 aliphatic carbocycles. The van der Waals surface area contributed by atoms with Crippen LogP contribution in [0.4, 0.5) is 0 Å². The third kappa shape index (κ3) is 1.96. The van der Waals surface area contributed by atoms with Crippen molar-refractivity contribution in [3.8, 4) is 0 Å². The molecule has 88 valence electrons. The van der Waals surface area contributed by atoms with Gasteiger partial charge < -0.3 is 5.32 Å². The molecule has 4 nitrogen and oxygen atoms in total. The highest BCUT2D eigenvalue weighted by atomic mass is 15.3. The average Bonchev–Trinajstić information content (AvgIpc) is 2.76. The number of rotatable bonds is 2. The van der Waals surface area contributed by atoms with Crippen molar-refractivity contribution in [3.05, 3.63) is 47.0 Å². The van der Waals surface area contributed by atoms with E-state index >= 15 is 0 Å². The van der Waals surface area contributed by atoms with Crippen molar-refractivity contribution in [1.82, 2.24) is 20.1 Å². The molecule has 4 heteroatoms. The Kier molecular flexibility index (Phi) is 2.65. The van der Waals surface area contributed by atoms with Crippen LogP contribution in [0, 0.1) is 0 Å². The zero-order valence-electron chi connectivity index (χ0n) is 9.98. The molecule has 3 rings (SSSR count). The molecule has 2 heterocycles. The Labute approximate surface area is 101 Å². The standard InChI is InChI=1S/C13H16N4/c1-17-13(15-9-16-17)7-11-4-2-3-10-5-6-14-8-12(10)11/h2-4,9,14H,5-8H2,1H3. The van der Waals surface area contributed by atoms with Gasteiger partial charge in [0.15, 0.2) is 0 Å². The van der Waals surface area contributed by atoms with Gasteiger partial charge in [-0.25, -0.2) is 4.98 Å². The van der Waals surface area contributed by atoms with Crippen molar-refractivity contribution in [1.29, 1.82) is 0 Å². The summed E-state index contributed by atoms with van der Waals surface area (Å²) in [6, 6.07) is 6.58. The number of hydrogen-bond acceptors (Lipinski definition) is 3. The first-order valence-electron chi connectivity index (χ1n) is 5.98. The van der Waals surface area contributed by atoms with Gasteiger partial charge in [-0.3, -0.25) is 4.68 Å². The lowest BCUT2D eigenvalue weighted by atomic mass is 9.94. The second kappa shape index (κ2) is 4.30. The van der Waals surface area contributed by atoms with Gasteiger partial charge in [-0.2, -0.15) is 5.10 Å². The van der Waals surface area contributed by atoms with Crippen LogP contribution in [0.25, 0.3) is 0 Å². The molecule has 0 atom stereocenters. The van der Waals surface area contributed by atoms with Gasteiger partial charge in [0.05, 0.1) is 0 Å². The fraction of sp³-hybridized carbons (Fsp3) is 0.385. The number of aryl methyl sites for hydroxylation is 1. The zero-order chi connectivity index (χ0) is 11.7. The number of fused-ring (bicyclic) bond motifs is 1. The number of benzene rings is 1. The van der Waals surface area contributed by atoms with E-state index in [1.807, 2.05) is 11.7 Å². The van der Waals surface area contributed by atoms with Crippen molar-refractivity contribution in [2.75, 3.05) is 6.54 Å². The van der Waals surface area contributed by atoms with Gasteiger partial charge in [0.1, 0.15) is 12.2 Å². The fourth-order valence-corrected chi connectivity index (χ4v) is 2.40. The minimum absolute atomic E-state index is 0.862. The zero-order valence-corrected chi connectivity index (χ0v) is 9.98. The molecule has 1 aromatic carbocycles. The van der Waals surface area contributed by atoms with Crippen molar-refractivity contribution in [2.45, 2.75) is 19.4 Å². The van der Waals surface area contributed by atoms with Gasteiger partial charge in [0.2, 0.25) is 0 Å². The van der Waals surface area contributed by atoms with E-state index in [2.05, 4.69) is 33.6 Å². The van der Waals surface area contributed by atoms with Crippen LogP contribution in [0.3, 0.4) is 0 Å².